The highest BCUT2D eigenvalue weighted by atomic mass is 16.5. The highest BCUT2D eigenvalue weighted by molar-refractivity contribution is 6.02. The van der Waals surface area contributed by atoms with Gasteiger partial charge in [0.25, 0.3) is 11.5 Å². The fraction of sp³-hybridized carbons (Fsp3) is 0.500. The lowest BCUT2D eigenvalue weighted by Crippen LogP contribution is -2.46. The van der Waals surface area contributed by atoms with Crippen molar-refractivity contribution in [2.45, 2.75) is 51.9 Å². The number of fused-ring (bicyclic) bond motifs is 1. The topological polar surface area (TPSA) is 109 Å². The molecule has 1 N–H and O–H groups in total. The van der Waals surface area contributed by atoms with Crippen LogP contribution in [-0.2, 0) is 14.3 Å². The number of nitrogens with one attached hydrogen (secondary N) is 1. The van der Waals surface area contributed by atoms with Crippen LogP contribution in [0, 0.1) is 18.3 Å². The molecule has 2 saturated heterocycles. The molecule has 3 atom stereocenters. The van der Waals surface area contributed by atoms with Crippen LogP contribution in [0.1, 0.15) is 37.8 Å². The number of nitriles is 1. The molecule has 0 aromatic carbocycles. The maximum absolute atomic E-state index is 13.5. The molecule has 174 valence electrons. The Morgan fingerprint density at radius 1 is 1.36 bits per heavy atom. The lowest BCUT2D eigenvalue weighted by atomic mass is 10.1. The minimum Gasteiger partial charge on any atom is -0.376 e. The summed E-state index contributed by atoms with van der Waals surface area (Å²) in [5, 5.41) is 12.5. The number of aromatic nitrogens is 2. The van der Waals surface area contributed by atoms with Gasteiger partial charge in [0, 0.05) is 32.4 Å². The zero-order valence-corrected chi connectivity index (χ0v) is 19.2. The van der Waals surface area contributed by atoms with Gasteiger partial charge in [-0.05, 0) is 51.3 Å². The third-order valence-electron chi connectivity index (χ3n) is 5.95. The number of nitrogens with zero attached hydrogens (tertiary/aromatic N) is 4. The summed E-state index contributed by atoms with van der Waals surface area (Å²) in [7, 11) is 0. The second kappa shape index (κ2) is 9.73. The zero-order valence-electron chi connectivity index (χ0n) is 19.2. The van der Waals surface area contributed by atoms with Gasteiger partial charge >= 0.3 is 0 Å². The minimum atomic E-state index is -0.531. The van der Waals surface area contributed by atoms with E-state index in [1.54, 1.807) is 12.3 Å². The Morgan fingerprint density at radius 3 is 2.79 bits per heavy atom. The number of pyridine rings is 1. The summed E-state index contributed by atoms with van der Waals surface area (Å²) in [5.74, 6) is -0.0765. The van der Waals surface area contributed by atoms with Crippen LogP contribution in [0.5, 0.6) is 0 Å². The van der Waals surface area contributed by atoms with Gasteiger partial charge in [-0.15, -0.1) is 0 Å². The molecule has 2 aliphatic heterocycles. The van der Waals surface area contributed by atoms with Crippen molar-refractivity contribution in [3.63, 3.8) is 0 Å². The molecule has 0 saturated carbocycles. The van der Waals surface area contributed by atoms with E-state index >= 15 is 0 Å². The van der Waals surface area contributed by atoms with Crippen molar-refractivity contribution in [2.75, 3.05) is 31.1 Å². The number of hydrogen-bond acceptors (Lipinski definition) is 7. The zero-order chi connectivity index (χ0) is 23.5. The van der Waals surface area contributed by atoms with Crippen LogP contribution < -0.4 is 15.8 Å². The molecule has 2 aromatic heterocycles. The highest BCUT2D eigenvalue weighted by Crippen LogP contribution is 2.24. The quantitative estimate of drug-likeness (QED) is 0.546. The van der Waals surface area contributed by atoms with Gasteiger partial charge in [-0.25, -0.2) is 4.98 Å². The van der Waals surface area contributed by atoms with Gasteiger partial charge in [0.2, 0.25) is 0 Å². The first-order chi connectivity index (χ1) is 15.9. The fourth-order valence-corrected chi connectivity index (χ4v) is 4.42. The Balaban J connectivity index is 1.77. The predicted molar refractivity (Wildman–Crippen MR) is 124 cm³/mol. The Bertz CT molecular complexity index is 1170. The molecule has 0 unspecified atom stereocenters. The van der Waals surface area contributed by atoms with Gasteiger partial charge in [0.1, 0.15) is 23.1 Å². The molecule has 2 aliphatic rings. The average Bonchev–Trinajstić information content (AvgIpc) is 3.30. The van der Waals surface area contributed by atoms with Crippen LogP contribution in [0.4, 0.5) is 5.82 Å². The van der Waals surface area contributed by atoms with Crippen molar-refractivity contribution in [1.29, 1.82) is 5.26 Å². The molecule has 33 heavy (non-hydrogen) atoms. The number of morpholine rings is 1. The second-order valence-electron chi connectivity index (χ2n) is 8.72. The number of aryl methyl sites for hydroxylation is 1. The van der Waals surface area contributed by atoms with Gasteiger partial charge < -0.3 is 19.7 Å². The SMILES string of the molecule is Cc1cccn2c(=O)c(/C=C(\C#N)C(=O)NC[C@H]3CCCO3)c(N3C[C@@H](C)O[C@H](C)C3)nc12. The number of ether oxygens (including phenoxy) is 2. The van der Waals surface area contributed by atoms with Gasteiger partial charge in [-0.2, -0.15) is 5.26 Å². The first-order valence-corrected chi connectivity index (χ1v) is 11.3. The summed E-state index contributed by atoms with van der Waals surface area (Å²) < 4.78 is 12.8. The van der Waals surface area contributed by atoms with Gasteiger partial charge in [-0.3, -0.25) is 14.0 Å². The standard InChI is InChI=1S/C24H29N5O4/c1-15-6-4-8-29-21(15)27-22(28-13-16(2)33-17(3)14-28)20(24(29)31)10-18(11-25)23(30)26-12-19-7-5-9-32-19/h4,6,8,10,16-17,19H,5,7,9,12-14H2,1-3H3,(H,26,30)/b18-10+/t16-,17-,19-/m1/s1. The van der Waals surface area contributed by atoms with E-state index in [4.69, 9.17) is 14.5 Å². The molecule has 0 radical (unpaired) electrons. The molecular formula is C24H29N5O4. The molecule has 0 bridgehead atoms. The van der Waals surface area contributed by atoms with Crippen LogP contribution in [0.2, 0.25) is 0 Å². The van der Waals surface area contributed by atoms with Crippen molar-refractivity contribution < 1.29 is 14.3 Å². The monoisotopic (exact) mass is 451 g/mol. The molecule has 9 heteroatoms. The number of carbonyl (C=O) groups excluding carboxylic acids is 1. The van der Waals surface area contributed by atoms with Gasteiger partial charge in [0.05, 0.1) is 23.9 Å². The smallest absolute Gasteiger partial charge is 0.267 e. The van der Waals surface area contributed by atoms with E-state index in [1.165, 1.54) is 10.5 Å². The van der Waals surface area contributed by atoms with E-state index < -0.39 is 5.91 Å². The Labute approximate surface area is 192 Å². The lowest BCUT2D eigenvalue weighted by Gasteiger charge is -2.36. The first-order valence-electron chi connectivity index (χ1n) is 11.3. The highest BCUT2D eigenvalue weighted by Gasteiger charge is 2.27. The third kappa shape index (κ3) is 4.92. The molecule has 1 amide bonds. The van der Waals surface area contributed by atoms with E-state index in [9.17, 15) is 14.9 Å². The van der Waals surface area contributed by atoms with E-state index in [2.05, 4.69) is 5.32 Å². The summed E-state index contributed by atoms with van der Waals surface area (Å²) in [6.45, 7) is 7.94. The summed E-state index contributed by atoms with van der Waals surface area (Å²) >= 11 is 0. The molecule has 4 heterocycles. The number of rotatable bonds is 5. The number of hydrogen-bond donors (Lipinski definition) is 1. The van der Waals surface area contributed by atoms with E-state index in [1.807, 2.05) is 37.8 Å². The summed E-state index contributed by atoms with van der Waals surface area (Å²) in [6.07, 6.45) is 4.69. The molecule has 9 nitrogen and oxygen atoms in total. The van der Waals surface area contributed by atoms with Crippen molar-refractivity contribution >= 4 is 23.4 Å². The van der Waals surface area contributed by atoms with Crippen molar-refractivity contribution in [3.8, 4) is 6.07 Å². The molecule has 0 aliphatic carbocycles. The van der Waals surface area contributed by atoms with Gasteiger partial charge in [0.15, 0.2) is 0 Å². The summed E-state index contributed by atoms with van der Waals surface area (Å²) in [5.41, 5.74) is 1.14. The summed E-state index contributed by atoms with van der Waals surface area (Å²) in [6, 6.07) is 5.62. The number of anilines is 1. The van der Waals surface area contributed by atoms with Crippen molar-refractivity contribution in [3.05, 3.63) is 45.4 Å². The van der Waals surface area contributed by atoms with Crippen molar-refractivity contribution in [1.82, 2.24) is 14.7 Å². The molecule has 2 aromatic rings. The minimum absolute atomic E-state index is 0.0447. The Kier molecular flexibility index (Phi) is 6.77. The Morgan fingerprint density at radius 2 is 2.12 bits per heavy atom. The van der Waals surface area contributed by atoms with Crippen LogP contribution in [-0.4, -0.2) is 59.8 Å². The van der Waals surface area contributed by atoms with E-state index in [0.29, 0.717) is 37.7 Å². The number of amides is 1. The molecule has 0 spiro atoms. The predicted octanol–water partition coefficient (Wildman–Crippen LogP) is 1.82. The third-order valence-corrected chi connectivity index (χ3v) is 5.95. The fourth-order valence-electron chi connectivity index (χ4n) is 4.42. The lowest BCUT2D eigenvalue weighted by molar-refractivity contribution is -0.117. The van der Waals surface area contributed by atoms with Crippen LogP contribution in [0.3, 0.4) is 0 Å². The van der Waals surface area contributed by atoms with Gasteiger partial charge in [-0.1, -0.05) is 6.07 Å². The first kappa shape index (κ1) is 23.0. The van der Waals surface area contributed by atoms with Crippen LogP contribution >= 0.6 is 0 Å². The maximum atomic E-state index is 13.5. The molecule has 4 rings (SSSR count). The second-order valence-corrected chi connectivity index (χ2v) is 8.72. The van der Waals surface area contributed by atoms with Crippen molar-refractivity contribution in [2.24, 2.45) is 0 Å². The molecular weight excluding hydrogens is 422 g/mol. The Hall–Kier alpha value is -3.22. The normalized spacial score (nSPS) is 23.5. The van der Waals surface area contributed by atoms with E-state index in [-0.39, 0.29) is 35.0 Å². The molecule has 2 fully saturated rings. The summed E-state index contributed by atoms with van der Waals surface area (Å²) in [4.78, 5) is 33.1. The van der Waals surface area contributed by atoms with Crippen LogP contribution in [0.15, 0.2) is 28.7 Å². The maximum Gasteiger partial charge on any atom is 0.267 e. The van der Waals surface area contributed by atoms with Crippen LogP contribution in [0.25, 0.3) is 11.7 Å². The van der Waals surface area contributed by atoms with E-state index in [0.717, 1.165) is 18.4 Å². The average molecular weight is 452 g/mol. The largest absolute Gasteiger partial charge is 0.376 e. The number of carbonyl (C=O) groups is 1.